The third-order valence-electron chi connectivity index (χ3n) is 6.14. The molecule has 142 valence electrons. The lowest BCUT2D eigenvalue weighted by atomic mass is 9.77. The molecule has 0 N–H and O–H groups in total. The molecule has 1 aromatic rings. The Kier molecular flexibility index (Phi) is 4.11. The fraction of sp³-hybridized carbons (Fsp3) is 0.500. The van der Waals surface area contributed by atoms with Crippen LogP contribution in [-0.2, 0) is 23.9 Å². The summed E-state index contributed by atoms with van der Waals surface area (Å²) in [4.78, 5) is 38.3. The number of ether oxygens (including phenoxy) is 2. The van der Waals surface area contributed by atoms with Gasteiger partial charge in [0.2, 0.25) is 0 Å². The quantitative estimate of drug-likeness (QED) is 0.464. The van der Waals surface area contributed by atoms with Crippen molar-refractivity contribution in [3.05, 3.63) is 46.5 Å². The van der Waals surface area contributed by atoms with Gasteiger partial charge in [0.25, 0.3) is 0 Å². The molecule has 1 saturated heterocycles. The van der Waals surface area contributed by atoms with E-state index >= 15 is 0 Å². The molecule has 2 heterocycles. The number of ketones is 2. The van der Waals surface area contributed by atoms with Gasteiger partial charge >= 0.3 is 5.97 Å². The highest BCUT2D eigenvalue weighted by atomic mass is 16.6. The van der Waals surface area contributed by atoms with Gasteiger partial charge in [-0.15, -0.1) is 0 Å². The second-order valence-corrected chi connectivity index (χ2v) is 7.96. The number of rotatable bonds is 4. The van der Waals surface area contributed by atoms with Crippen molar-refractivity contribution in [2.45, 2.75) is 51.7 Å². The number of esters is 1. The summed E-state index contributed by atoms with van der Waals surface area (Å²) in [6.45, 7) is 7.60. The lowest BCUT2D eigenvalue weighted by molar-refractivity contribution is -0.153. The summed E-state index contributed by atoms with van der Waals surface area (Å²) in [5.41, 5.74) is 2.86. The van der Waals surface area contributed by atoms with Crippen molar-refractivity contribution in [2.24, 2.45) is 11.8 Å². The van der Waals surface area contributed by atoms with E-state index in [0.717, 1.165) is 22.3 Å². The Morgan fingerprint density at radius 2 is 1.81 bits per heavy atom. The van der Waals surface area contributed by atoms with E-state index in [0.29, 0.717) is 0 Å². The van der Waals surface area contributed by atoms with E-state index in [-0.39, 0.29) is 30.6 Å². The van der Waals surface area contributed by atoms with Crippen molar-refractivity contribution >= 4 is 17.5 Å². The van der Waals surface area contributed by atoms with Gasteiger partial charge in [-0.25, -0.2) is 0 Å². The largest absolute Gasteiger partial charge is 0.462 e. The van der Waals surface area contributed by atoms with Crippen LogP contribution in [0.25, 0.3) is 0 Å². The van der Waals surface area contributed by atoms with Crippen LogP contribution in [0.2, 0.25) is 0 Å². The van der Waals surface area contributed by atoms with Crippen molar-refractivity contribution in [1.82, 2.24) is 0 Å². The highest BCUT2D eigenvalue weighted by molar-refractivity contribution is 6.17. The topological polar surface area (TPSA) is 69.7 Å². The molecule has 0 spiro atoms. The summed E-state index contributed by atoms with van der Waals surface area (Å²) in [5.74, 6) is -2.36. The molecule has 2 aliphatic heterocycles. The molecule has 1 aliphatic carbocycles. The van der Waals surface area contributed by atoms with Crippen LogP contribution in [-0.4, -0.2) is 35.8 Å². The van der Waals surface area contributed by atoms with E-state index < -0.39 is 29.5 Å². The maximum atomic E-state index is 13.4. The van der Waals surface area contributed by atoms with Crippen LogP contribution in [0.3, 0.4) is 0 Å². The van der Waals surface area contributed by atoms with Gasteiger partial charge < -0.3 is 9.47 Å². The molecular weight excluding hydrogens is 344 g/mol. The minimum atomic E-state index is -1.01. The molecule has 0 amide bonds. The molecule has 3 aliphatic rings. The van der Waals surface area contributed by atoms with Crippen molar-refractivity contribution in [3.8, 4) is 0 Å². The number of benzene rings is 1. The Balaban J connectivity index is 1.71. The zero-order valence-corrected chi connectivity index (χ0v) is 16.1. The number of carbonyl (C=O) groups excluding carboxylic acids is 3. The molecule has 2 fully saturated rings. The summed E-state index contributed by atoms with van der Waals surface area (Å²) in [6, 6.07) is 4.03. The number of fused-ring (bicyclic) bond motifs is 5. The zero-order valence-electron chi connectivity index (χ0n) is 16.1. The Hall–Kier alpha value is -2.27. The predicted molar refractivity (Wildman–Crippen MR) is 98.4 cm³/mol. The van der Waals surface area contributed by atoms with Crippen molar-refractivity contribution in [2.75, 3.05) is 6.61 Å². The average molecular weight is 368 g/mol. The van der Waals surface area contributed by atoms with Gasteiger partial charge in [0.15, 0.2) is 11.6 Å². The van der Waals surface area contributed by atoms with Gasteiger partial charge in [-0.05, 0) is 37.5 Å². The fourth-order valence-corrected chi connectivity index (χ4v) is 5.11. The second kappa shape index (κ2) is 6.13. The van der Waals surface area contributed by atoms with Gasteiger partial charge in [-0.3, -0.25) is 14.4 Å². The highest BCUT2D eigenvalue weighted by Crippen LogP contribution is 2.55. The van der Waals surface area contributed by atoms with Gasteiger partial charge in [0, 0.05) is 6.42 Å². The monoisotopic (exact) mass is 368 g/mol. The first-order valence-corrected chi connectivity index (χ1v) is 9.47. The lowest BCUT2D eigenvalue weighted by Crippen LogP contribution is -2.43. The van der Waals surface area contributed by atoms with E-state index in [4.69, 9.17) is 9.47 Å². The van der Waals surface area contributed by atoms with E-state index in [9.17, 15) is 14.4 Å². The summed E-state index contributed by atoms with van der Waals surface area (Å²) >= 11 is 0. The van der Waals surface area contributed by atoms with Crippen LogP contribution in [0.4, 0.5) is 0 Å². The molecule has 1 unspecified atom stereocenters. The van der Waals surface area contributed by atoms with E-state index in [1.165, 1.54) is 0 Å². The molecule has 1 aromatic carbocycles. The summed E-state index contributed by atoms with van der Waals surface area (Å²) in [5, 5.41) is 0. The van der Waals surface area contributed by atoms with Crippen LogP contribution in [0.15, 0.2) is 24.3 Å². The Bertz CT molecular complexity index is 860. The highest BCUT2D eigenvalue weighted by Gasteiger charge is 2.68. The van der Waals surface area contributed by atoms with Crippen LogP contribution < -0.4 is 0 Å². The third-order valence-corrected chi connectivity index (χ3v) is 6.14. The first-order chi connectivity index (χ1) is 12.8. The Morgan fingerprint density at radius 3 is 2.44 bits per heavy atom. The van der Waals surface area contributed by atoms with Crippen molar-refractivity contribution < 1.29 is 23.9 Å². The summed E-state index contributed by atoms with van der Waals surface area (Å²) in [7, 11) is 0. The molecule has 5 atom stereocenters. The molecule has 5 nitrogen and oxygen atoms in total. The van der Waals surface area contributed by atoms with Gasteiger partial charge in [0.05, 0.1) is 17.9 Å². The smallest absolute Gasteiger partial charge is 0.305 e. The summed E-state index contributed by atoms with van der Waals surface area (Å²) in [6.07, 6.45) is 3.49. The first-order valence-electron chi connectivity index (χ1n) is 9.47. The maximum absolute atomic E-state index is 13.4. The minimum Gasteiger partial charge on any atom is -0.462 e. The zero-order chi connectivity index (χ0) is 19.5. The normalized spacial score (nSPS) is 33.6. The average Bonchev–Trinajstić information content (AvgIpc) is 3.25. The van der Waals surface area contributed by atoms with Crippen LogP contribution in [0, 0.1) is 32.6 Å². The fourth-order valence-electron chi connectivity index (χ4n) is 5.11. The van der Waals surface area contributed by atoms with Gasteiger partial charge in [-0.2, -0.15) is 0 Å². The van der Waals surface area contributed by atoms with E-state index in [2.05, 4.69) is 0 Å². The second-order valence-electron chi connectivity index (χ2n) is 7.96. The van der Waals surface area contributed by atoms with E-state index in [1.54, 1.807) is 6.92 Å². The molecule has 5 heteroatoms. The molecule has 0 aromatic heterocycles. The third kappa shape index (κ3) is 2.52. The number of carbonyl (C=O) groups is 3. The molecule has 0 radical (unpaired) electrons. The van der Waals surface area contributed by atoms with Crippen LogP contribution in [0.5, 0.6) is 0 Å². The first kappa shape index (κ1) is 18.1. The number of aryl methyl sites for hydroxylation is 3. The van der Waals surface area contributed by atoms with Gasteiger partial charge in [0.1, 0.15) is 18.1 Å². The van der Waals surface area contributed by atoms with Crippen molar-refractivity contribution in [3.63, 3.8) is 0 Å². The lowest BCUT2D eigenvalue weighted by Gasteiger charge is -2.28. The number of hydrogen-bond donors (Lipinski definition) is 0. The number of Topliss-reactive ketones (excluding diaryl/α,β-unsaturated/α-hetero) is 2. The minimum absolute atomic E-state index is 0.0224. The van der Waals surface area contributed by atoms with Crippen LogP contribution >= 0.6 is 0 Å². The number of hydrogen-bond acceptors (Lipinski definition) is 5. The standard InChI is InChI=1S/C22H24O5/c1-5-15(23)26-10-22-7-6-14(27-22)17-19(22)21(25)18(20(17)24)16-12(3)8-11(2)9-13(16)4/h6-9,14,17-19H,5,10H2,1-4H3/t14-,17-,18?,19+,22-/m0/s1. The Morgan fingerprint density at radius 1 is 1.15 bits per heavy atom. The molecule has 27 heavy (non-hydrogen) atoms. The molecule has 4 rings (SSSR count). The predicted octanol–water partition coefficient (Wildman–Crippen LogP) is 2.74. The van der Waals surface area contributed by atoms with Crippen molar-refractivity contribution in [1.29, 1.82) is 0 Å². The summed E-state index contributed by atoms with van der Waals surface area (Å²) < 4.78 is 11.3. The Labute approximate surface area is 158 Å². The molecule has 2 bridgehead atoms. The van der Waals surface area contributed by atoms with Crippen LogP contribution in [0.1, 0.15) is 41.5 Å². The molecular formula is C22H24O5. The maximum Gasteiger partial charge on any atom is 0.305 e. The van der Waals surface area contributed by atoms with Gasteiger partial charge in [-0.1, -0.05) is 36.8 Å². The van der Waals surface area contributed by atoms with E-state index in [1.807, 2.05) is 45.1 Å². The SMILES string of the molecule is CCC(=O)OC[C@]12C=C[C@H](O1)[C@@H]1C(=O)C(c3c(C)cc(C)cc3C)C(=O)[C@@H]12. The molecule has 1 saturated carbocycles.